The van der Waals surface area contributed by atoms with E-state index in [9.17, 15) is 23.8 Å². The summed E-state index contributed by atoms with van der Waals surface area (Å²) in [4.78, 5) is 13.8. The Hall–Kier alpha value is -0.990. The van der Waals surface area contributed by atoms with E-state index >= 15 is 0 Å². The second kappa shape index (κ2) is 7.94. The minimum absolute atomic E-state index is 0.118. The van der Waals surface area contributed by atoms with Crippen LogP contribution in [0, 0.1) is 0 Å². The molecule has 26 heavy (non-hydrogen) atoms. The third kappa shape index (κ3) is 5.76. The number of rotatable bonds is 3. The lowest BCUT2D eigenvalue weighted by Gasteiger charge is -2.37. The highest BCUT2D eigenvalue weighted by Gasteiger charge is 2.46. The van der Waals surface area contributed by atoms with E-state index in [0.717, 1.165) is 0 Å². The molecule has 3 N–H and O–H groups in total. The normalized spacial score (nSPS) is 32.8. The first kappa shape index (κ1) is 21.3. The van der Waals surface area contributed by atoms with Crippen LogP contribution in [-0.2, 0) is 4.74 Å². The van der Waals surface area contributed by atoms with E-state index in [0.29, 0.717) is 45.2 Å². The molecule has 1 saturated carbocycles. The molecule has 8 heteroatoms. The van der Waals surface area contributed by atoms with Crippen molar-refractivity contribution >= 4 is 6.09 Å². The number of hydrogen-bond acceptors (Lipinski definition) is 5. The summed E-state index contributed by atoms with van der Waals surface area (Å²) in [5.74, 6) is -3.09. The van der Waals surface area contributed by atoms with Gasteiger partial charge in [-0.3, -0.25) is 0 Å². The number of alkyl halides is 2. The molecule has 1 amide bonds. The van der Waals surface area contributed by atoms with Gasteiger partial charge in [0.05, 0.1) is 5.60 Å². The van der Waals surface area contributed by atoms with E-state index < -0.39 is 35.4 Å². The number of hydrogen-bond donors (Lipinski definition) is 3. The molecular weight excluding hydrogens is 346 g/mol. The summed E-state index contributed by atoms with van der Waals surface area (Å²) in [7, 11) is 0. The maximum atomic E-state index is 13.6. The SMILES string of the molecule is CC(C)(C)OC(=O)N1CCCC(O)(CN[C@@H]2CCCC(F)(F)[C@H]2O)CC1. The van der Waals surface area contributed by atoms with Gasteiger partial charge in [0.25, 0.3) is 5.92 Å². The third-order valence-corrected chi connectivity index (χ3v) is 5.10. The van der Waals surface area contributed by atoms with Crippen molar-refractivity contribution in [3.05, 3.63) is 0 Å². The van der Waals surface area contributed by atoms with Crippen LogP contribution < -0.4 is 5.32 Å². The Kier molecular flexibility index (Phi) is 6.51. The fourth-order valence-corrected chi connectivity index (χ4v) is 3.56. The zero-order chi connectivity index (χ0) is 19.6. The minimum atomic E-state index is -3.09. The Labute approximate surface area is 153 Å². The van der Waals surface area contributed by atoms with Crippen molar-refractivity contribution in [2.45, 2.75) is 88.6 Å². The van der Waals surface area contributed by atoms with E-state index in [-0.39, 0.29) is 13.0 Å². The lowest BCUT2D eigenvalue weighted by molar-refractivity contribution is -0.145. The summed E-state index contributed by atoms with van der Waals surface area (Å²) >= 11 is 0. The topological polar surface area (TPSA) is 82.0 Å². The highest BCUT2D eigenvalue weighted by Crippen LogP contribution is 2.34. The van der Waals surface area contributed by atoms with Gasteiger partial charge in [-0.1, -0.05) is 0 Å². The molecule has 3 atom stereocenters. The van der Waals surface area contributed by atoms with Crippen LogP contribution in [-0.4, -0.2) is 70.1 Å². The minimum Gasteiger partial charge on any atom is -0.444 e. The molecule has 1 unspecified atom stereocenters. The molecule has 1 heterocycles. The quantitative estimate of drug-likeness (QED) is 0.702. The van der Waals surface area contributed by atoms with Gasteiger partial charge in [0.15, 0.2) is 0 Å². The zero-order valence-electron chi connectivity index (χ0n) is 15.9. The van der Waals surface area contributed by atoms with Crippen LogP contribution in [0.4, 0.5) is 13.6 Å². The molecule has 152 valence electrons. The van der Waals surface area contributed by atoms with Gasteiger partial charge in [-0.2, -0.15) is 0 Å². The monoisotopic (exact) mass is 378 g/mol. The number of nitrogens with one attached hydrogen (secondary N) is 1. The van der Waals surface area contributed by atoms with Gasteiger partial charge in [0.2, 0.25) is 0 Å². The van der Waals surface area contributed by atoms with Crippen molar-refractivity contribution in [1.82, 2.24) is 10.2 Å². The number of aliphatic hydroxyl groups excluding tert-OH is 1. The van der Waals surface area contributed by atoms with Crippen molar-refractivity contribution in [3.8, 4) is 0 Å². The molecule has 0 bridgehead atoms. The molecular formula is C18H32F2N2O4. The van der Waals surface area contributed by atoms with Gasteiger partial charge in [0, 0.05) is 32.1 Å². The van der Waals surface area contributed by atoms with E-state index in [4.69, 9.17) is 4.74 Å². The lowest BCUT2D eigenvalue weighted by Crippen LogP contribution is -2.56. The van der Waals surface area contributed by atoms with E-state index in [1.165, 1.54) is 0 Å². The van der Waals surface area contributed by atoms with Crippen LogP contribution in [0.1, 0.15) is 59.3 Å². The molecule has 0 radical (unpaired) electrons. The molecule has 0 aromatic carbocycles. The van der Waals surface area contributed by atoms with Crippen molar-refractivity contribution in [3.63, 3.8) is 0 Å². The number of ether oxygens (including phenoxy) is 1. The summed E-state index contributed by atoms with van der Waals surface area (Å²) in [6, 6.07) is -0.729. The number of likely N-dealkylation sites (tertiary alicyclic amines) is 1. The van der Waals surface area contributed by atoms with Crippen LogP contribution in [0.5, 0.6) is 0 Å². The van der Waals surface area contributed by atoms with Crippen LogP contribution in [0.2, 0.25) is 0 Å². The summed E-state index contributed by atoms with van der Waals surface area (Å²) in [6.07, 6.45) is -0.260. The Balaban J connectivity index is 1.87. The fraction of sp³-hybridized carbons (Fsp3) is 0.944. The molecule has 0 spiro atoms. The maximum absolute atomic E-state index is 13.6. The smallest absolute Gasteiger partial charge is 0.410 e. The summed E-state index contributed by atoms with van der Waals surface area (Å²) in [5, 5.41) is 23.6. The van der Waals surface area contributed by atoms with Crippen molar-refractivity contribution in [1.29, 1.82) is 0 Å². The number of aliphatic hydroxyl groups is 2. The molecule has 1 aliphatic heterocycles. The first-order valence-electron chi connectivity index (χ1n) is 9.41. The third-order valence-electron chi connectivity index (χ3n) is 5.10. The Bertz CT molecular complexity index is 498. The van der Waals surface area contributed by atoms with E-state index in [1.54, 1.807) is 25.7 Å². The standard InChI is InChI=1S/C18H32F2N2O4/c1-16(2,3)26-15(24)22-10-5-7-17(25,9-11-22)12-21-13-6-4-8-18(19,20)14(13)23/h13-14,21,23,25H,4-12H2,1-3H3/t13-,14+,17?/m1/s1. The second-order valence-electron chi connectivity index (χ2n) is 8.63. The average Bonchev–Trinajstić information content (AvgIpc) is 2.70. The highest BCUT2D eigenvalue weighted by molar-refractivity contribution is 5.68. The summed E-state index contributed by atoms with van der Waals surface area (Å²) in [6.45, 7) is 6.35. The predicted octanol–water partition coefficient (Wildman–Crippen LogP) is 2.28. The molecule has 0 aromatic rings. The molecule has 1 aliphatic carbocycles. The van der Waals surface area contributed by atoms with Crippen molar-refractivity contribution in [2.75, 3.05) is 19.6 Å². The van der Waals surface area contributed by atoms with Gasteiger partial charge in [-0.25, -0.2) is 13.6 Å². The Morgan fingerprint density at radius 3 is 2.58 bits per heavy atom. The van der Waals surface area contributed by atoms with Gasteiger partial charge in [0.1, 0.15) is 11.7 Å². The lowest BCUT2D eigenvalue weighted by atomic mass is 9.88. The Morgan fingerprint density at radius 1 is 1.23 bits per heavy atom. The number of nitrogens with zero attached hydrogens (tertiary/aromatic N) is 1. The van der Waals surface area contributed by atoms with Crippen molar-refractivity contribution < 1.29 is 28.5 Å². The van der Waals surface area contributed by atoms with E-state index in [1.807, 2.05) is 0 Å². The van der Waals surface area contributed by atoms with Gasteiger partial charge < -0.3 is 25.2 Å². The van der Waals surface area contributed by atoms with Crippen LogP contribution >= 0.6 is 0 Å². The van der Waals surface area contributed by atoms with Gasteiger partial charge in [-0.05, 0) is 52.9 Å². The second-order valence-corrected chi connectivity index (χ2v) is 8.63. The Morgan fingerprint density at radius 2 is 1.92 bits per heavy atom. The largest absolute Gasteiger partial charge is 0.444 e. The molecule has 1 saturated heterocycles. The molecule has 2 fully saturated rings. The van der Waals surface area contributed by atoms with Gasteiger partial charge in [-0.15, -0.1) is 0 Å². The summed E-state index contributed by atoms with van der Waals surface area (Å²) in [5.41, 5.74) is -1.67. The van der Waals surface area contributed by atoms with Gasteiger partial charge >= 0.3 is 6.09 Å². The predicted molar refractivity (Wildman–Crippen MR) is 93.2 cm³/mol. The zero-order valence-corrected chi connectivity index (χ0v) is 15.9. The fourth-order valence-electron chi connectivity index (χ4n) is 3.56. The first-order chi connectivity index (χ1) is 11.9. The van der Waals surface area contributed by atoms with Crippen LogP contribution in [0.25, 0.3) is 0 Å². The van der Waals surface area contributed by atoms with Crippen LogP contribution in [0.3, 0.4) is 0 Å². The number of halogens is 2. The molecule has 2 aliphatic rings. The number of amides is 1. The number of carbonyl (C=O) groups is 1. The molecule has 2 rings (SSSR count). The molecule has 0 aromatic heterocycles. The highest BCUT2D eigenvalue weighted by atomic mass is 19.3. The first-order valence-corrected chi connectivity index (χ1v) is 9.41. The summed E-state index contributed by atoms with van der Waals surface area (Å²) < 4.78 is 32.6. The maximum Gasteiger partial charge on any atom is 0.410 e. The van der Waals surface area contributed by atoms with Crippen molar-refractivity contribution in [2.24, 2.45) is 0 Å². The number of carbonyl (C=O) groups excluding carboxylic acids is 1. The van der Waals surface area contributed by atoms with E-state index in [2.05, 4.69) is 5.32 Å². The average molecular weight is 378 g/mol. The van der Waals surface area contributed by atoms with Crippen LogP contribution in [0.15, 0.2) is 0 Å². The molecule has 6 nitrogen and oxygen atoms in total.